The van der Waals surface area contributed by atoms with Crippen molar-refractivity contribution in [2.75, 3.05) is 12.4 Å². The summed E-state index contributed by atoms with van der Waals surface area (Å²) in [4.78, 5) is 4.53. The number of aromatic nitrogens is 1. The molecule has 1 aromatic heterocycles. The number of ether oxygens (including phenoxy) is 1. The van der Waals surface area contributed by atoms with Crippen LogP contribution in [0.25, 0.3) is 22.2 Å². The van der Waals surface area contributed by atoms with E-state index in [1.807, 2.05) is 72.8 Å². The minimum atomic E-state index is 0.489. The molecule has 4 aromatic rings. The Labute approximate surface area is 139 Å². The molecule has 24 heavy (non-hydrogen) atoms. The highest BCUT2D eigenvalue weighted by Gasteiger charge is 2.08. The van der Waals surface area contributed by atoms with Gasteiger partial charge in [0.2, 0.25) is 0 Å². The van der Waals surface area contributed by atoms with E-state index in [1.54, 1.807) is 7.11 Å². The first kappa shape index (κ1) is 14.3. The lowest BCUT2D eigenvalue weighted by Gasteiger charge is -2.03. The van der Waals surface area contributed by atoms with Gasteiger partial charge in [0.05, 0.1) is 7.11 Å². The molecule has 0 amide bonds. The third-order valence-electron chi connectivity index (χ3n) is 3.84. The van der Waals surface area contributed by atoms with Gasteiger partial charge in [-0.2, -0.15) is 4.98 Å². The van der Waals surface area contributed by atoms with Crippen LogP contribution >= 0.6 is 0 Å². The molecule has 118 valence electrons. The van der Waals surface area contributed by atoms with E-state index in [9.17, 15) is 0 Å². The van der Waals surface area contributed by atoms with Crippen LogP contribution in [0.1, 0.15) is 0 Å². The van der Waals surface area contributed by atoms with E-state index in [0.29, 0.717) is 6.01 Å². The molecular weight excluding hydrogens is 300 g/mol. The summed E-state index contributed by atoms with van der Waals surface area (Å²) in [6.45, 7) is 0. The van der Waals surface area contributed by atoms with Gasteiger partial charge in [0.1, 0.15) is 11.3 Å². The Balaban J connectivity index is 1.65. The molecule has 0 atom stereocenters. The highest BCUT2D eigenvalue weighted by molar-refractivity contribution is 5.82. The van der Waals surface area contributed by atoms with Crippen LogP contribution in [0, 0.1) is 0 Å². The molecule has 0 aliphatic rings. The Hall–Kier alpha value is -3.27. The highest BCUT2D eigenvalue weighted by Crippen LogP contribution is 2.28. The third kappa shape index (κ3) is 2.82. The van der Waals surface area contributed by atoms with Crippen LogP contribution in [0.4, 0.5) is 11.7 Å². The maximum Gasteiger partial charge on any atom is 0.300 e. The van der Waals surface area contributed by atoms with Crippen molar-refractivity contribution >= 4 is 22.8 Å². The first-order valence-corrected chi connectivity index (χ1v) is 7.69. The van der Waals surface area contributed by atoms with Crippen molar-refractivity contribution in [3.8, 4) is 16.9 Å². The molecular formula is C20H16N2O2. The molecule has 0 fully saturated rings. The van der Waals surface area contributed by atoms with E-state index in [1.165, 1.54) is 0 Å². The van der Waals surface area contributed by atoms with E-state index in [-0.39, 0.29) is 0 Å². The summed E-state index contributed by atoms with van der Waals surface area (Å²) >= 11 is 0. The minimum absolute atomic E-state index is 0.489. The molecule has 0 aliphatic carbocycles. The van der Waals surface area contributed by atoms with E-state index in [4.69, 9.17) is 9.15 Å². The lowest BCUT2D eigenvalue weighted by molar-refractivity contribution is 0.415. The molecule has 4 nitrogen and oxygen atoms in total. The van der Waals surface area contributed by atoms with Gasteiger partial charge >= 0.3 is 0 Å². The molecule has 0 aliphatic heterocycles. The number of oxazole rings is 1. The van der Waals surface area contributed by atoms with Gasteiger partial charge in [0.25, 0.3) is 6.01 Å². The lowest BCUT2D eigenvalue weighted by Crippen LogP contribution is -1.88. The van der Waals surface area contributed by atoms with Crippen LogP contribution in [0.5, 0.6) is 5.75 Å². The van der Waals surface area contributed by atoms with E-state index in [2.05, 4.69) is 10.3 Å². The summed E-state index contributed by atoms with van der Waals surface area (Å²) in [5, 5.41) is 3.17. The number of hydrogen-bond donors (Lipinski definition) is 1. The van der Waals surface area contributed by atoms with Crippen LogP contribution in [0.3, 0.4) is 0 Å². The predicted molar refractivity (Wildman–Crippen MR) is 95.7 cm³/mol. The number of benzene rings is 3. The molecule has 0 saturated carbocycles. The zero-order chi connectivity index (χ0) is 16.4. The van der Waals surface area contributed by atoms with Gasteiger partial charge in [0.15, 0.2) is 5.58 Å². The number of para-hydroxylation sites is 1. The van der Waals surface area contributed by atoms with Gasteiger partial charge < -0.3 is 14.5 Å². The summed E-state index contributed by atoms with van der Waals surface area (Å²) < 4.78 is 11.0. The van der Waals surface area contributed by atoms with Crippen LogP contribution < -0.4 is 10.1 Å². The standard InChI is InChI=1S/C20H16N2O2/c1-23-17-10-7-14(8-11-17)15-9-12-19-18(13-15)22-20(24-19)21-16-5-3-2-4-6-16/h2-13H,1H3,(H,21,22). The highest BCUT2D eigenvalue weighted by atomic mass is 16.5. The molecule has 1 N–H and O–H groups in total. The van der Waals surface area contributed by atoms with Gasteiger partial charge in [0, 0.05) is 5.69 Å². The Morgan fingerprint density at radius 3 is 2.38 bits per heavy atom. The molecule has 0 bridgehead atoms. The SMILES string of the molecule is COc1ccc(-c2ccc3oc(Nc4ccccc4)nc3c2)cc1. The molecule has 0 unspecified atom stereocenters. The van der Waals surface area contributed by atoms with Gasteiger partial charge in [-0.15, -0.1) is 0 Å². The van der Waals surface area contributed by atoms with E-state index >= 15 is 0 Å². The van der Waals surface area contributed by atoms with Gasteiger partial charge in [-0.25, -0.2) is 0 Å². The molecule has 4 heteroatoms. The largest absolute Gasteiger partial charge is 0.497 e. The smallest absolute Gasteiger partial charge is 0.300 e. The summed E-state index contributed by atoms with van der Waals surface area (Å²) in [6, 6.07) is 24.3. The zero-order valence-corrected chi connectivity index (χ0v) is 13.2. The lowest BCUT2D eigenvalue weighted by atomic mass is 10.1. The maximum atomic E-state index is 5.76. The fourth-order valence-corrected chi connectivity index (χ4v) is 2.59. The zero-order valence-electron chi connectivity index (χ0n) is 13.2. The Bertz CT molecular complexity index is 960. The number of anilines is 2. The van der Waals surface area contributed by atoms with Crippen molar-refractivity contribution in [3.63, 3.8) is 0 Å². The van der Waals surface area contributed by atoms with E-state index < -0.39 is 0 Å². The topological polar surface area (TPSA) is 47.3 Å². The first-order valence-electron chi connectivity index (χ1n) is 7.69. The Kier molecular flexibility index (Phi) is 3.63. The number of nitrogens with one attached hydrogen (secondary N) is 1. The second kappa shape index (κ2) is 6.08. The van der Waals surface area contributed by atoms with E-state index in [0.717, 1.165) is 33.7 Å². The van der Waals surface area contributed by atoms with Gasteiger partial charge in [-0.1, -0.05) is 36.4 Å². The van der Waals surface area contributed by atoms with Crippen molar-refractivity contribution in [1.29, 1.82) is 0 Å². The van der Waals surface area contributed by atoms with Crippen LogP contribution in [-0.4, -0.2) is 12.1 Å². The second-order valence-corrected chi connectivity index (χ2v) is 5.42. The average molecular weight is 316 g/mol. The van der Waals surface area contributed by atoms with Crippen molar-refractivity contribution in [2.45, 2.75) is 0 Å². The Morgan fingerprint density at radius 2 is 1.62 bits per heavy atom. The molecule has 4 rings (SSSR count). The Morgan fingerprint density at radius 1 is 0.875 bits per heavy atom. The summed E-state index contributed by atoms with van der Waals surface area (Å²) in [6.07, 6.45) is 0. The predicted octanol–water partition coefficient (Wildman–Crippen LogP) is 5.25. The summed E-state index contributed by atoms with van der Waals surface area (Å²) in [5.41, 5.74) is 4.72. The van der Waals surface area contributed by atoms with Gasteiger partial charge in [-0.3, -0.25) is 0 Å². The van der Waals surface area contributed by atoms with Crippen molar-refractivity contribution < 1.29 is 9.15 Å². The average Bonchev–Trinajstić information content (AvgIpc) is 3.04. The third-order valence-corrected chi connectivity index (χ3v) is 3.84. The minimum Gasteiger partial charge on any atom is -0.497 e. The normalized spacial score (nSPS) is 10.7. The number of hydrogen-bond acceptors (Lipinski definition) is 4. The molecule has 1 heterocycles. The van der Waals surface area contributed by atoms with Crippen molar-refractivity contribution in [2.24, 2.45) is 0 Å². The number of nitrogens with zero attached hydrogens (tertiary/aromatic N) is 1. The van der Waals surface area contributed by atoms with Crippen molar-refractivity contribution in [3.05, 3.63) is 72.8 Å². The first-order chi connectivity index (χ1) is 11.8. The fourth-order valence-electron chi connectivity index (χ4n) is 2.59. The summed E-state index contributed by atoms with van der Waals surface area (Å²) in [7, 11) is 1.66. The van der Waals surface area contributed by atoms with Crippen LogP contribution in [0.2, 0.25) is 0 Å². The number of rotatable bonds is 4. The molecule has 0 spiro atoms. The second-order valence-electron chi connectivity index (χ2n) is 5.42. The maximum absolute atomic E-state index is 5.76. The number of fused-ring (bicyclic) bond motifs is 1. The quantitative estimate of drug-likeness (QED) is 0.559. The molecule has 0 saturated heterocycles. The fraction of sp³-hybridized carbons (Fsp3) is 0.0500. The molecule has 3 aromatic carbocycles. The molecule has 0 radical (unpaired) electrons. The van der Waals surface area contributed by atoms with Crippen molar-refractivity contribution in [1.82, 2.24) is 4.98 Å². The monoisotopic (exact) mass is 316 g/mol. The van der Waals surface area contributed by atoms with Crippen LogP contribution in [0.15, 0.2) is 77.2 Å². The number of methoxy groups -OCH3 is 1. The van der Waals surface area contributed by atoms with Crippen LogP contribution in [-0.2, 0) is 0 Å². The van der Waals surface area contributed by atoms with Gasteiger partial charge in [-0.05, 0) is 47.5 Å². The summed E-state index contributed by atoms with van der Waals surface area (Å²) in [5.74, 6) is 0.843.